The Labute approximate surface area is 196 Å². The first-order chi connectivity index (χ1) is 16.1. The van der Waals surface area contributed by atoms with Gasteiger partial charge in [0.2, 0.25) is 11.7 Å². The van der Waals surface area contributed by atoms with Gasteiger partial charge < -0.3 is 9.80 Å². The maximum Gasteiger partial charge on any atom is 0.272 e. The van der Waals surface area contributed by atoms with Crippen LogP contribution in [0.15, 0.2) is 40.5 Å². The Morgan fingerprint density at radius 1 is 1.12 bits per heavy atom. The summed E-state index contributed by atoms with van der Waals surface area (Å²) < 4.78 is 4.35. The first-order valence-electron chi connectivity index (χ1n) is 11.5. The number of aromatic nitrogens is 4. The van der Waals surface area contributed by atoms with Crippen molar-refractivity contribution >= 4 is 38.9 Å². The van der Waals surface area contributed by atoms with Crippen molar-refractivity contribution in [1.29, 1.82) is 0 Å². The summed E-state index contributed by atoms with van der Waals surface area (Å²) >= 11 is 1.44. The van der Waals surface area contributed by atoms with E-state index < -0.39 is 0 Å². The lowest BCUT2D eigenvalue weighted by Gasteiger charge is -2.36. The highest BCUT2D eigenvalue weighted by Crippen LogP contribution is 2.21. The van der Waals surface area contributed by atoms with Crippen molar-refractivity contribution < 1.29 is 4.79 Å². The van der Waals surface area contributed by atoms with Crippen molar-refractivity contribution in [2.75, 3.05) is 31.1 Å². The molecular formula is C24H28N6O2S. The monoisotopic (exact) mass is 464 g/mol. The number of hydrogen-bond donors (Lipinski definition) is 0. The highest BCUT2D eigenvalue weighted by atomic mass is 32.1. The second kappa shape index (κ2) is 8.97. The van der Waals surface area contributed by atoms with E-state index >= 15 is 0 Å². The third-order valence-corrected chi connectivity index (χ3v) is 7.18. The molecule has 3 aromatic heterocycles. The number of aryl methyl sites for hydroxylation is 3. The molecule has 0 spiro atoms. The molecule has 0 aliphatic carbocycles. The zero-order chi connectivity index (χ0) is 22.9. The van der Waals surface area contributed by atoms with Gasteiger partial charge >= 0.3 is 0 Å². The van der Waals surface area contributed by atoms with E-state index in [1.54, 1.807) is 4.57 Å². The van der Waals surface area contributed by atoms with Gasteiger partial charge in [-0.25, -0.2) is 0 Å². The molecule has 0 bridgehead atoms. The molecule has 8 nitrogen and oxygen atoms in total. The van der Waals surface area contributed by atoms with Crippen molar-refractivity contribution in [3.8, 4) is 0 Å². The number of fused-ring (bicyclic) bond motifs is 3. The molecule has 0 N–H and O–H groups in total. The van der Waals surface area contributed by atoms with Crippen molar-refractivity contribution in [3.63, 3.8) is 0 Å². The number of carbonyl (C=O) groups excluding carboxylic acids is 1. The van der Waals surface area contributed by atoms with Crippen LogP contribution in [0.25, 0.3) is 16.0 Å². The van der Waals surface area contributed by atoms with Crippen LogP contribution in [0, 0.1) is 6.92 Å². The van der Waals surface area contributed by atoms with Crippen LogP contribution in [0.3, 0.4) is 0 Å². The third-order valence-electron chi connectivity index (χ3n) is 6.29. The quantitative estimate of drug-likeness (QED) is 0.438. The van der Waals surface area contributed by atoms with Gasteiger partial charge in [0, 0.05) is 51.3 Å². The van der Waals surface area contributed by atoms with E-state index in [-0.39, 0.29) is 11.5 Å². The van der Waals surface area contributed by atoms with E-state index in [2.05, 4.69) is 46.3 Å². The fraction of sp³-hybridized carbons (Fsp3) is 0.417. The summed E-state index contributed by atoms with van der Waals surface area (Å²) in [5.41, 5.74) is 3.27. The zero-order valence-corrected chi connectivity index (χ0v) is 19.8. The predicted molar refractivity (Wildman–Crippen MR) is 131 cm³/mol. The number of anilines is 1. The summed E-state index contributed by atoms with van der Waals surface area (Å²) in [6.07, 6.45) is 1.71. The molecule has 1 fully saturated rings. The largest absolute Gasteiger partial charge is 0.368 e. The highest BCUT2D eigenvalue weighted by molar-refractivity contribution is 7.17. The standard InChI is InChI=1S/C24H28N6O2S/c1-3-10-29-23(32)22-19(9-15-33-22)30-20(25-26-24(29)30)7-8-21(31)28-13-11-27(12-14-28)18-6-4-5-17(2)16-18/h4-6,9,15-16H,3,7-8,10-14H2,1-2H3. The molecule has 1 aliphatic rings. The molecule has 1 aromatic carbocycles. The van der Waals surface area contributed by atoms with Crippen molar-refractivity contribution in [3.05, 3.63) is 57.5 Å². The Hall–Kier alpha value is -3.20. The van der Waals surface area contributed by atoms with Crippen molar-refractivity contribution in [2.24, 2.45) is 0 Å². The molecule has 9 heteroatoms. The Kier molecular flexibility index (Phi) is 5.88. The Morgan fingerprint density at radius 3 is 2.70 bits per heavy atom. The predicted octanol–water partition coefficient (Wildman–Crippen LogP) is 3.11. The number of benzene rings is 1. The van der Waals surface area contributed by atoms with Crippen LogP contribution in [-0.2, 0) is 17.8 Å². The molecule has 1 saturated heterocycles. The summed E-state index contributed by atoms with van der Waals surface area (Å²) in [4.78, 5) is 30.1. The first kappa shape index (κ1) is 21.6. The maximum atomic E-state index is 13.0. The highest BCUT2D eigenvalue weighted by Gasteiger charge is 2.23. The van der Waals surface area contributed by atoms with Gasteiger partial charge in [0.05, 0.1) is 5.52 Å². The van der Waals surface area contributed by atoms with Gasteiger partial charge in [-0.1, -0.05) is 19.1 Å². The minimum Gasteiger partial charge on any atom is -0.368 e. The number of carbonyl (C=O) groups is 1. The number of rotatable bonds is 6. The second-order valence-corrected chi connectivity index (χ2v) is 9.47. The molecule has 0 saturated carbocycles. The second-order valence-electron chi connectivity index (χ2n) is 8.55. The van der Waals surface area contributed by atoms with Gasteiger partial charge in [0.25, 0.3) is 5.56 Å². The first-order valence-corrected chi connectivity index (χ1v) is 12.4. The maximum absolute atomic E-state index is 13.0. The van der Waals surface area contributed by atoms with Crippen LogP contribution in [0.2, 0.25) is 0 Å². The van der Waals surface area contributed by atoms with E-state index in [1.165, 1.54) is 22.6 Å². The molecule has 172 valence electrons. The zero-order valence-electron chi connectivity index (χ0n) is 19.0. The number of thiophene rings is 1. The average Bonchev–Trinajstić information content (AvgIpc) is 3.47. The van der Waals surface area contributed by atoms with Crippen molar-refractivity contribution in [2.45, 2.75) is 39.7 Å². The summed E-state index contributed by atoms with van der Waals surface area (Å²) in [5, 5.41) is 10.6. The summed E-state index contributed by atoms with van der Waals surface area (Å²) in [6, 6.07) is 10.4. The average molecular weight is 465 g/mol. The lowest BCUT2D eigenvalue weighted by Crippen LogP contribution is -2.48. The van der Waals surface area contributed by atoms with Crippen LogP contribution < -0.4 is 10.5 Å². The molecule has 1 aliphatic heterocycles. The molecule has 33 heavy (non-hydrogen) atoms. The Balaban J connectivity index is 1.29. The minimum absolute atomic E-state index is 0.0177. The molecule has 4 heterocycles. The number of nitrogens with zero attached hydrogens (tertiary/aromatic N) is 6. The van der Waals surface area contributed by atoms with Crippen LogP contribution in [0.4, 0.5) is 5.69 Å². The Morgan fingerprint density at radius 2 is 1.94 bits per heavy atom. The smallest absolute Gasteiger partial charge is 0.272 e. The number of hydrogen-bond acceptors (Lipinski definition) is 6. The number of piperazine rings is 1. The lowest BCUT2D eigenvalue weighted by molar-refractivity contribution is -0.131. The van der Waals surface area contributed by atoms with E-state index in [9.17, 15) is 9.59 Å². The van der Waals surface area contributed by atoms with E-state index in [1.807, 2.05) is 27.7 Å². The lowest BCUT2D eigenvalue weighted by atomic mass is 10.2. The van der Waals surface area contributed by atoms with Gasteiger partial charge in [0.1, 0.15) is 10.5 Å². The summed E-state index contributed by atoms with van der Waals surface area (Å²) in [5.74, 6) is 1.42. The van der Waals surface area contributed by atoms with Gasteiger partial charge in [0.15, 0.2) is 0 Å². The molecule has 0 radical (unpaired) electrons. The molecule has 0 atom stereocenters. The van der Waals surface area contributed by atoms with Crippen LogP contribution in [0.1, 0.15) is 31.2 Å². The van der Waals surface area contributed by atoms with E-state index in [0.29, 0.717) is 29.9 Å². The molecule has 5 rings (SSSR count). The fourth-order valence-electron chi connectivity index (χ4n) is 4.58. The summed E-state index contributed by atoms with van der Waals surface area (Å²) in [7, 11) is 0. The normalized spacial score (nSPS) is 14.5. The van der Waals surface area contributed by atoms with Crippen molar-refractivity contribution in [1.82, 2.24) is 24.1 Å². The van der Waals surface area contributed by atoms with E-state index in [0.717, 1.165) is 43.9 Å². The van der Waals surface area contributed by atoms with Gasteiger partial charge in [-0.2, -0.15) is 0 Å². The fourth-order valence-corrected chi connectivity index (χ4v) is 5.41. The minimum atomic E-state index is -0.0177. The molecular weight excluding hydrogens is 436 g/mol. The van der Waals surface area contributed by atoms with Gasteiger partial charge in [-0.15, -0.1) is 21.5 Å². The number of amides is 1. The van der Waals surface area contributed by atoms with Crippen LogP contribution in [-0.4, -0.2) is 56.2 Å². The van der Waals surface area contributed by atoms with Crippen LogP contribution >= 0.6 is 11.3 Å². The molecule has 0 unspecified atom stereocenters. The topological polar surface area (TPSA) is 75.7 Å². The molecule has 1 amide bonds. The third kappa shape index (κ3) is 4.01. The van der Waals surface area contributed by atoms with Crippen LogP contribution in [0.5, 0.6) is 0 Å². The van der Waals surface area contributed by atoms with Gasteiger partial charge in [-0.05, 0) is 42.5 Å². The van der Waals surface area contributed by atoms with E-state index in [4.69, 9.17) is 0 Å². The molecule has 4 aromatic rings. The SMILES string of the molecule is CCCn1c(=O)c2sccc2n2c(CCC(=O)N3CCN(c4cccc(C)c4)CC3)nnc12. The summed E-state index contributed by atoms with van der Waals surface area (Å²) in [6.45, 7) is 7.84. The Bertz CT molecular complexity index is 1360. The van der Waals surface area contributed by atoms with Gasteiger partial charge in [-0.3, -0.25) is 18.6 Å².